The van der Waals surface area contributed by atoms with E-state index >= 15 is 0 Å². The second-order valence-electron chi connectivity index (χ2n) is 7.73. The molecule has 0 saturated carbocycles. The number of halogens is 2. The third-order valence-electron chi connectivity index (χ3n) is 4.16. The Morgan fingerprint density at radius 1 is 1.03 bits per heavy atom. The molecule has 0 aliphatic carbocycles. The number of nitrogens with zero attached hydrogens (tertiary/aromatic N) is 3. The van der Waals surface area contributed by atoms with Crippen molar-refractivity contribution in [1.29, 1.82) is 0 Å². The summed E-state index contributed by atoms with van der Waals surface area (Å²) in [6.07, 6.45) is 1.41. The molecule has 0 amide bonds. The van der Waals surface area contributed by atoms with E-state index in [4.69, 9.17) is 27.9 Å². The molecule has 0 saturated heterocycles. The smallest absolute Gasteiger partial charge is 0.357 e. The van der Waals surface area contributed by atoms with Gasteiger partial charge in [-0.05, 0) is 51.1 Å². The lowest BCUT2D eigenvalue weighted by molar-refractivity contribution is 0.00564. The lowest BCUT2D eigenvalue weighted by atomic mass is 10.1. The molecule has 0 bridgehead atoms. The first kappa shape index (κ1) is 22.8. The third-order valence-corrected chi connectivity index (χ3v) is 4.90. The number of pyridine rings is 1. The van der Waals surface area contributed by atoms with Crippen molar-refractivity contribution >= 4 is 35.1 Å². The SMILES string of the molecule is COC(=O)c1ccc(Cn2nc(-c3ccc(Cl)c(Cl)c3)cc2C(=O)OC(C)(C)C)nc1. The molecule has 162 valence electrons. The molecule has 3 aromatic rings. The molecular weight excluding hydrogens is 441 g/mol. The van der Waals surface area contributed by atoms with Crippen LogP contribution in [0.5, 0.6) is 0 Å². The van der Waals surface area contributed by atoms with E-state index in [0.29, 0.717) is 32.6 Å². The fourth-order valence-corrected chi connectivity index (χ4v) is 3.04. The average Bonchev–Trinajstić information content (AvgIpc) is 3.12. The number of aromatic nitrogens is 3. The molecule has 0 N–H and O–H groups in total. The maximum Gasteiger partial charge on any atom is 0.357 e. The normalized spacial score (nSPS) is 11.3. The lowest BCUT2D eigenvalue weighted by Crippen LogP contribution is -2.26. The molecule has 0 spiro atoms. The molecule has 9 heteroatoms. The standard InChI is InChI=1S/C22H21Cl2N3O4/c1-22(2,3)31-21(29)19-10-18(13-6-8-16(23)17(24)9-13)26-27(19)12-15-7-5-14(11-25-15)20(28)30-4/h5-11H,12H2,1-4H3. The summed E-state index contributed by atoms with van der Waals surface area (Å²) in [5.41, 5.74) is 1.75. The highest BCUT2D eigenvalue weighted by atomic mass is 35.5. The molecule has 3 rings (SSSR count). The number of hydrogen-bond donors (Lipinski definition) is 0. The molecule has 0 fully saturated rings. The summed E-state index contributed by atoms with van der Waals surface area (Å²) < 4.78 is 11.7. The van der Waals surface area contributed by atoms with Crippen molar-refractivity contribution in [3.05, 3.63) is 69.6 Å². The molecule has 2 aromatic heterocycles. The minimum absolute atomic E-state index is 0.192. The van der Waals surface area contributed by atoms with Gasteiger partial charge in [0.2, 0.25) is 0 Å². The number of rotatable bonds is 5. The molecular formula is C22H21Cl2N3O4. The number of methoxy groups -OCH3 is 1. The number of carbonyl (C=O) groups is 2. The van der Waals surface area contributed by atoms with Gasteiger partial charge >= 0.3 is 11.9 Å². The number of carbonyl (C=O) groups excluding carboxylic acids is 2. The summed E-state index contributed by atoms with van der Waals surface area (Å²) in [5, 5.41) is 5.36. The van der Waals surface area contributed by atoms with Crippen LogP contribution in [0.15, 0.2) is 42.6 Å². The van der Waals surface area contributed by atoms with Crippen molar-refractivity contribution in [3.63, 3.8) is 0 Å². The highest BCUT2D eigenvalue weighted by molar-refractivity contribution is 6.42. The van der Waals surface area contributed by atoms with E-state index in [0.717, 1.165) is 0 Å². The minimum Gasteiger partial charge on any atom is -0.465 e. The predicted octanol–water partition coefficient (Wildman–Crippen LogP) is 5.04. The van der Waals surface area contributed by atoms with Gasteiger partial charge in [0.15, 0.2) is 0 Å². The molecule has 2 heterocycles. The topological polar surface area (TPSA) is 83.3 Å². The summed E-state index contributed by atoms with van der Waals surface area (Å²) in [6.45, 7) is 5.56. The fourth-order valence-electron chi connectivity index (χ4n) is 2.74. The Labute approximate surface area is 189 Å². The van der Waals surface area contributed by atoms with Gasteiger partial charge in [-0.15, -0.1) is 0 Å². The zero-order valence-corrected chi connectivity index (χ0v) is 19.0. The number of ether oxygens (including phenoxy) is 2. The van der Waals surface area contributed by atoms with Gasteiger partial charge in [0.1, 0.15) is 11.3 Å². The average molecular weight is 462 g/mol. The Morgan fingerprint density at radius 3 is 2.35 bits per heavy atom. The van der Waals surface area contributed by atoms with Crippen LogP contribution in [0.3, 0.4) is 0 Å². The molecule has 7 nitrogen and oxygen atoms in total. The molecule has 0 radical (unpaired) electrons. The van der Waals surface area contributed by atoms with Crippen LogP contribution in [-0.2, 0) is 16.0 Å². The second-order valence-corrected chi connectivity index (χ2v) is 8.55. The maximum absolute atomic E-state index is 12.8. The Balaban J connectivity index is 1.98. The Bertz CT molecular complexity index is 1120. The van der Waals surface area contributed by atoms with E-state index in [1.54, 1.807) is 57.2 Å². The van der Waals surface area contributed by atoms with Crippen LogP contribution >= 0.6 is 23.2 Å². The predicted molar refractivity (Wildman–Crippen MR) is 118 cm³/mol. The monoisotopic (exact) mass is 461 g/mol. The van der Waals surface area contributed by atoms with Gasteiger partial charge in [-0.2, -0.15) is 5.10 Å². The number of esters is 2. The molecule has 0 aliphatic heterocycles. The Kier molecular flexibility index (Phi) is 6.67. The number of hydrogen-bond acceptors (Lipinski definition) is 6. The molecule has 0 aliphatic rings. The summed E-state index contributed by atoms with van der Waals surface area (Å²) in [6, 6.07) is 10.0. The van der Waals surface area contributed by atoms with Crippen molar-refractivity contribution < 1.29 is 19.1 Å². The van der Waals surface area contributed by atoms with E-state index in [1.165, 1.54) is 18.0 Å². The van der Waals surface area contributed by atoms with Crippen molar-refractivity contribution in [2.75, 3.05) is 7.11 Å². The van der Waals surface area contributed by atoms with E-state index in [1.807, 2.05) is 0 Å². The van der Waals surface area contributed by atoms with Gasteiger partial charge in [-0.1, -0.05) is 29.3 Å². The van der Waals surface area contributed by atoms with Crippen molar-refractivity contribution in [2.45, 2.75) is 32.9 Å². The van der Waals surface area contributed by atoms with Crippen LogP contribution in [0.1, 0.15) is 47.3 Å². The molecule has 1 aromatic carbocycles. The van der Waals surface area contributed by atoms with Gasteiger partial charge in [-0.3, -0.25) is 9.67 Å². The summed E-state index contributed by atoms with van der Waals surface area (Å²) >= 11 is 12.1. The van der Waals surface area contributed by atoms with Crippen molar-refractivity contribution in [3.8, 4) is 11.3 Å². The minimum atomic E-state index is -0.670. The largest absolute Gasteiger partial charge is 0.465 e. The van der Waals surface area contributed by atoms with E-state index in [-0.39, 0.29) is 12.2 Å². The Morgan fingerprint density at radius 2 is 1.77 bits per heavy atom. The Hall–Kier alpha value is -2.90. The first-order valence-electron chi connectivity index (χ1n) is 9.37. The van der Waals surface area contributed by atoms with Crippen LogP contribution in [0.25, 0.3) is 11.3 Å². The van der Waals surface area contributed by atoms with Gasteiger partial charge in [0.25, 0.3) is 0 Å². The fraction of sp³-hybridized carbons (Fsp3) is 0.273. The van der Waals surface area contributed by atoms with Crippen LogP contribution in [0.4, 0.5) is 0 Å². The first-order valence-corrected chi connectivity index (χ1v) is 10.1. The third kappa shape index (κ3) is 5.62. The van der Waals surface area contributed by atoms with Crippen LogP contribution in [-0.4, -0.2) is 39.4 Å². The summed E-state index contributed by atoms with van der Waals surface area (Å²) in [4.78, 5) is 28.7. The molecule has 31 heavy (non-hydrogen) atoms. The van der Waals surface area contributed by atoms with Gasteiger partial charge in [0.05, 0.1) is 40.7 Å². The van der Waals surface area contributed by atoms with Crippen LogP contribution in [0, 0.1) is 0 Å². The summed E-state index contributed by atoms with van der Waals surface area (Å²) in [5.74, 6) is -0.994. The summed E-state index contributed by atoms with van der Waals surface area (Å²) in [7, 11) is 1.30. The van der Waals surface area contributed by atoms with Gasteiger partial charge in [-0.25, -0.2) is 9.59 Å². The zero-order valence-electron chi connectivity index (χ0n) is 17.5. The van der Waals surface area contributed by atoms with E-state index < -0.39 is 17.5 Å². The van der Waals surface area contributed by atoms with Gasteiger partial charge < -0.3 is 9.47 Å². The zero-order chi connectivity index (χ0) is 22.8. The quantitative estimate of drug-likeness (QED) is 0.494. The highest BCUT2D eigenvalue weighted by Crippen LogP contribution is 2.29. The van der Waals surface area contributed by atoms with Crippen molar-refractivity contribution in [2.24, 2.45) is 0 Å². The first-order chi connectivity index (χ1) is 14.6. The number of benzene rings is 1. The lowest BCUT2D eigenvalue weighted by Gasteiger charge is -2.19. The van der Waals surface area contributed by atoms with Crippen molar-refractivity contribution in [1.82, 2.24) is 14.8 Å². The van der Waals surface area contributed by atoms with E-state index in [2.05, 4.69) is 14.8 Å². The van der Waals surface area contributed by atoms with Gasteiger partial charge in [0, 0.05) is 11.8 Å². The highest BCUT2D eigenvalue weighted by Gasteiger charge is 2.23. The maximum atomic E-state index is 12.8. The van der Waals surface area contributed by atoms with E-state index in [9.17, 15) is 9.59 Å². The molecule has 0 unspecified atom stereocenters. The molecule has 0 atom stereocenters. The van der Waals surface area contributed by atoms with Crippen LogP contribution < -0.4 is 0 Å². The second kappa shape index (κ2) is 9.08. The van der Waals surface area contributed by atoms with Crippen LogP contribution in [0.2, 0.25) is 10.0 Å².